The molecule has 0 saturated heterocycles. The van der Waals surface area contributed by atoms with Gasteiger partial charge >= 0.3 is 0 Å². The van der Waals surface area contributed by atoms with Crippen LogP contribution in [0.4, 0.5) is 0 Å². The van der Waals surface area contributed by atoms with E-state index in [4.69, 9.17) is 0 Å². The van der Waals surface area contributed by atoms with E-state index in [0.29, 0.717) is 0 Å². The third-order valence-electron chi connectivity index (χ3n) is 11.0. The van der Waals surface area contributed by atoms with Crippen LogP contribution in [0.5, 0.6) is 0 Å². The first-order valence-corrected chi connectivity index (χ1v) is 16.2. The zero-order valence-corrected chi connectivity index (χ0v) is 24.7. The summed E-state index contributed by atoms with van der Waals surface area (Å²) in [5.74, 6) is 0. The molecule has 10 rings (SSSR count). The molecular weight excluding hydrogens is 528 g/mol. The largest absolute Gasteiger partial charge is 0.0616 e. The van der Waals surface area contributed by atoms with E-state index < -0.39 is 0 Å². The van der Waals surface area contributed by atoms with Gasteiger partial charge in [0, 0.05) is 5.41 Å². The highest BCUT2D eigenvalue weighted by Crippen LogP contribution is 2.57. The molecule has 1 fully saturated rings. The lowest BCUT2D eigenvalue weighted by atomic mass is 9.67. The van der Waals surface area contributed by atoms with Gasteiger partial charge in [-0.2, -0.15) is 0 Å². The minimum absolute atomic E-state index is 0.0866. The molecule has 0 bridgehead atoms. The topological polar surface area (TPSA) is 0 Å². The van der Waals surface area contributed by atoms with Gasteiger partial charge in [-0.15, -0.1) is 0 Å². The van der Waals surface area contributed by atoms with Crippen molar-refractivity contribution in [3.05, 3.63) is 145 Å². The molecule has 1 saturated carbocycles. The van der Waals surface area contributed by atoms with E-state index in [0.717, 1.165) is 0 Å². The van der Waals surface area contributed by atoms with Gasteiger partial charge in [-0.1, -0.05) is 141 Å². The Kier molecular flexibility index (Phi) is 5.03. The second kappa shape index (κ2) is 9.04. The second-order valence-corrected chi connectivity index (χ2v) is 13.2. The summed E-state index contributed by atoms with van der Waals surface area (Å²) in [5.41, 5.74) is 11.4. The Bertz CT molecular complexity index is 2400. The molecular formula is C44H32. The quantitative estimate of drug-likeness (QED) is 0.184. The monoisotopic (exact) mass is 560 g/mol. The molecule has 0 nitrogen and oxygen atoms in total. The number of rotatable bonds is 2. The van der Waals surface area contributed by atoms with Crippen molar-refractivity contribution in [2.45, 2.75) is 37.5 Å². The molecule has 0 amide bonds. The lowest BCUT2D eigenvalue weighted by molar-refractivity contribution is 0.353. The first-order valence-electron chi connectivity index (χ1n) is 16.2. The SMILES string of the molecule is c1ccc2c(-c3ccc4c(c3)C3(CCCCC3)c3cc(-c5ccc6ccc7cccc8ccc5c6c78)ccc3-4)cccc2c1. The summed E-state index contributed by atoms with van der Waals surface area (Å²) in [6, 6.07) is 50.9. The van der Waals surface area contributed by atoms with Crippen LogP contribution in [0.3, 0.4) is 0 Å². The summed E-state index contributed by atoms with van der Waals surface area (Å²) in [6.07, 6.45) is 6.38. The maximum atomic E-state index is 2.57. The van der Waals surface area contributed by atoms with Gasteiger partial charge in [0.25, 0.3) is 0 Å². The lowest BCUT2D eigenvalue weighted by Crippen LogP contribution is -2.28. The smallest absolute Gasteiger partial charge is 0.0215 e. The molecule has 208 valence electrons. The molecule has 0 atom stereocenters. The van der Waals surface area contributed by atoms with E-state index in [1.54, 1.807) is 11.1 Å². The predicted octanol–water partition coefficient (Wildman–Crippen LogP) is 12.3. The molecule has 0 N–H and O–H groups in total. The fraction of sp³-hybridized carbons (Fsp3) is 0.136. The molecule has 44 heavy (non-hydrogen) atoms. The third kappa shape index (κ3) is 3.29. The molecule has 0 unspecified atom stereocenters. The van der Waals surface area contributed by atoms with Crippen molar-refractivity contribution >= 4 is 43.1 Å². The zero-order valence-electron chi connectivity index (χ0n) is 24.7. The number of hydrogen-bond donors (Lipinski definition) is 0. The summed E-state index contributed by atoms with van der Waals surface area (Å²) >= 11 is 0. The van der Waals surface area contributed by atoms with E-state index >= 15 is 0 Å². The van der Waals surface area contributed by atoms with Gasteiger partial charge in [-0.05, 0) is 113 Å². The summed E-state index contributed by atoms with van der Waals surface area (Å²) in [7, 11) is 0. The van der Waals surface area contributed by atoms with Crippen LogP contribution in [0.1, 0.15) is 43.2 Å². The summed E-state index contributed by atoms with van der Waals surface area (Å²) in [4.78, 5) is 0. The highest BCUT2D eigenvalue weighted by molar-refractivity contribution is 6.25. The van der Waals surface area contributed by atoms with Gasteiger partial charge in [0.05, 0.1) is 0 Å². The van der Waals surface area contributed by atoms with Gasteiger partial charge in [0.2, 0.25) is 0 Å². The first kappa shape index (κ1) is 24.5. The molecule has 0 radical (unpaired) electrons. The molecule has 0 aromatic heterocycles. The summed E-state index contributed by atoms with van der Waals surface area (Å²) < 4.78 is 0. The van der Waals surface area contributed by atoms with E-state index in [9.17, 15) is 0 Å². The molecule has 2 aliphatic rings. The van der Waals surface area contributed by atoms with Crippen LogP contribution in [0.25, 0.3) is 76.5 Å². The summed E-state index contributed by atoms with van der Waals surface area (Å²) in [5, 5.41) is 10.8. The lowest BCUT2D eigenvalue weighted by Gasteiger charge is -2.36. The molecule has 8 aromatic rings. The normalized spacial score (nSPS) is 15.5. The number of fused-ring (bicyclic) bond motifs is 6. The molecule has 8 aromatic carbocycles. The van der Waals surface area contributed by atoms with Crippen LogP contribution in [-0.4, -0.2) is 0 Å². The van der Waals surface area contributed by atoms with Gasteiger partial charge in [0.1, 0.15) is 0 Å². The van der Waals surface area contributed by atoms with Crippen molar-refractivity contribution in [1.29, 1.82) is 0 Å². The maximum Gasteiger partial charge on any atom is 0.0215 e. The van der Waals surface area contributed by atoms with E-state index in [2.05, 4.69) is 133 Å². The molecule has 1 spiro atoms. The van der Waals surface area contributed by atoms with Crippen molar-refractivity contribution in [1.82, 2.24) is 0 Å². The van der Waals surface area contributed by atoms with Gasteiger partial charge < -0.3 is 0 Å². The molecule has 0 aliphatic heterocycles. The molecule has 2 aliphatic carbocycles. The average Bonchev–Trinajstić information content (AvgIpc) is 3.34. The van der Waals surface area contributed by atoms with Gasteiger partial charge in [-0.25, -0.2) is 0 Å². The van der Waals surface area contributed by atoms with Gasteiger partial charge in [0.15, 0.2) is 0 Å². The van der Waals surface area contributed by atoms with Crippen molar-refractivity contribution in [2.24, 2.45) is 0 Å². The highest BCUT2D eigenvalue weighted by Gasteiger charge is 2.44. The van der Waals surface area contributed by atoms with Crippen LogP contribution in [0.15, 0.2) is 133 Å². The van der Waals surface area contributed by atoms with E-state index in [1.165, 1.54) is 109 Å². The van der Waals surface area contributed by atoms with Gasteiger partial charge in [-0.3, -0.25) is 0 Å². The van der Waals surface area contributed by atoms with Crippen molar-refractivity contribution in [2.75, 3.05) is 0 Å². The zero-order chi connectivity index (χ0) is 28.8. The van der Waals surface area contributed by atoms with E-state index in [1.807, 2.05) is 0 Å². The molecule has 0 heterocycles. The Morgan fingerprint density at radius 2 is 0.909 bits per heavy atom. The van der Waals surface area contributed by atoms with Crippen LogP contribution in [-0.2, 0) is 5.41 Å². The van der Waals surface area contributed by atoms with Crippen molar-refractivity contribution < 1.29 is 0 Å². The average molecular weight is 561 g/mol. The third-order valence-corrected chi connectivity index (χ3v) is 11.0. The molecule has 0 heteroatoms. The first-order chi connectivity index (χ1) is 21.8. The highest BCUT2D eigenvalue weighted by atomic mass is 14.5. The Labute approximate surface area is 257 Å². The van der Waals surface area contributed by atoms with Crippen LogP contribution >= 0.6 is 0 Å². The Hall–Kier alpha value is -4.94. The minimum atomic E-state index is 0.0866. The Morgan fingerprint density at radius 1 is 0.364 bits per heavy atom. The fourth-order valence-electron chi connectivity index (χ4n) is 8.99. The minimum Gasteiger partial charge on any atom is -0.0616 e. The standard InChI is InChI=1S/C44H32/c1-4-24-44(25-5-1)40-26-32(35-13-7-9-28-8-2-3-12-34(28)35)18-21-37(40)38-22-19-33(27-41(38)44)36-20-16-31-15-14-29-10-6-11-30-17-23-39(36)43(31)42(29)30/h2-3,6-23,26-27H,1,4-5,24-25H2. The van der Waals surface area contributed by atoms with Crippen LogP contribution < -0.4 is 0 Å². The second-order valence-electron chi connectivity index (χ2n) is 13.2. The number of benzene rings is 8. The van der Waals surface area contributed by atoms with Crippen molar-refractivity contribution in [3.63, 3.8) is 0 Å². The maximum absolute atomic E-state index is 2.57. The Morgan fingerprint density at radius 3 is 1.66 bits per heavy atom. The van der Waals surface area contributed by atoms with E-state index in [-0.39, 0.29) is 5.41 Å². The fourth-order valence-corrected chi connectivity index (χ4v) is 8.99. The van der Waals surface area contributed by atoms with Crippen molar-refractivity contribution in [3.8, 4) is 33.4 Å². The summed E-state index contributed by atoms with van der Waals surface area (Å²) in [6.45, 7) is 0. The number of hydrogen-bond acceptors (Lipinski definition) is 0. The Balaban J connectivity index is 1.18. The van der Waals surface area contributed by atoms with Crippen LogP contribution in [0.2, 0.25) is 0 Å². The predicted molar refractivity (Wildman–Crippen MR) is 188 cm³/mol. The van der Waals surface area contributed by atoms with Crippen LogP contribution in [0, 0.1) is 0 Å².